The number of hydrogen-bond donors (Lipinski definition) is 2. The molecule has 0 bridgehead atoms. The first kappa shape index (κ1) is 27.4. The van der Waals surface area contributed by atoms with Crippen molar-refractivity contribution in [2.75, 3.05) is 6.61 Å². The summed E-state index contributed by atoms with van der Waals surface area (Å²) in [6.45, 7) is 3.92. The van der Waals surface area contributed by atoms with Crippen molar-refractivity contribution in [2.24, 2.45) is 5.73 Å². The standard InChI is InChI=1S/C29H32N8O2/c1-29(2,31)15-7-10-26(38)33-25(19-21-12-13-22-8-3-4-9-23(22)18-21)28-34-35-36-37(28)24(14-16-30)20-39-27-11-5-6-17-32-27/h3-13,17-18,24-25H,14-15,19-20,31H2,1-2H3,(H,33,38)/t24-,25-/m1/s1. The Morgan fingerprint density at radius 2 is 1.97 bits per heavy atom. The zero-order valence-corrected chi connectivity index (χ0v) is 22.1. The number of nitriles is 1. The van der Waals surface area contributed by atoms with Gasteiger partial charge in [-0.15, -0.1) is 5.10 Å². The zero-order chi connectivity index (χ0) is 27.7. The molecular formula is C29H32N8O2. The lowest BCUT2D eigenvalue weighted by atomic mass is 10.0. The Hall–Kier alpha value is -4.62. The molecule has 2 aromatic heterocycles. The van der Waals surface area contributed by atoms with Gasteiger partial charge in [-0.3, -0.25) is 4.79 Å². The fraction of sp³-hybridized carbons (Fsp3) is 0.310. The van der Waals surface area contributed by atoms with Gasteiger partial charge in [0.1, 0.15) is 12.6 Å². The molecule has 0 aliphatic rings. The minimum Gasteiger partial charge on any atom is -0.475 e. The normalized spacial score (nSPS) is 13.2. The second-order valence-corrected chi connectivity index (χ2v) is 10.0. The lowest BCUT2D eigenvalue weighted by Gasteiger charge is -2.21. The molecule has 3 N–H and O–H groups in total. The number of ether oxygens (including phenoxy) is 1. The van der Waals surface area contributed by atoms with Crippen molar-refractivity contribution in [3.8, 4) is 11.9 Å². The van der Waals surface area contributed by atoms with Crippen LogP contribution in [0, 0.1) is 11.3 Å². The van der Waals surface area contributed by atoms with Gasteiger partial charge in [-0.25, -0.2) is 9.67 Å². The van der Waals surface area contributed by atoms with Crippen LogP contribution in [0.4, 0.5) is 0 Å². The van der Waals surface area contributed by atoms with Crippen LogP contribution in [0.2, 0.25) is 0 Å². The largest absolute Gasteiger partial charge is 0.475 e. The minimum atomic E-state index is -0.569. The maximum absolute atomic E-state index is 13.0. The third kappa shape index (κ3) is 7.93. The summed E-state index contributed by atoms with van der Waals surface area (Å²) in [6, 6.07) is 20.7. The van der Waals surface area contributed by atoms with Gasteiger partial charge in [0.2, 0.25) is 11.8 Å². The molecule has 2 atom stereocenters. The van der Waals surface area contributed by atoms with Crippen LogP contribution in [-0.2, 0) is 11.2 Å². The number of hydrogen-bond acceptors (Lipinski definition) is 8. The number of tetrazole rings is 1. The predicted molar refractivity (Wildman–Crippen MR) is 147 cm³/mol. The third-order valence-electron chi connectivity index (χ3n) is 6.05. The fourth-order valence-corrected chi connectivity index (χ4v) is 4.12. The number of nitrogens with two attached hydrogens (primary N) is 1. The average Bonchev–Trinajstić information content (AvgIpc) is 3.40. The molecule has 2 heterocycles. The van der Waals surface area contributed by atoms with Gasteiger partial charge in [0.25, 0.3) is 0 Å². The molecule has 1 amide bonds. The van der Waals surface area contributed by atoms with Crippen molar-refractivity contribution in [2.45, 2.75) is 50.7 Å². The average molecular weight is 525 g/mol. The summed E-state index contributed by atoms with van der Waals surface area (Å²) in [6.07, 6.45) is 5.95. The Morgan fingerprint density at radius 3 is 2.72 bits per heavy atom. The van der Waals surface area contributed by atoms with E-state index in [4.69, 9.17) is 10.5 Å². The Bertz CT molecular complexity index is 1450. The highest BCUT2D eigenvalue weighted by Crippen LogP contribution is 2.24. The highest BCUT2D eigenvalue weighted by molar-refractivity contribution is 5.87. The number of carbonyl (C=O) groups is 1. The van der Waals surface area contributed by atoms with Crippen LogP contribution < -0.4 is 15.8 Å². The zero-order valence-electron chi connectivity index (χ0n) is 22.1. The maximum atomic E-state index is 13.0. The first-order valence-corrected chi connectivity index (χ1v) is 12.7. The van der Waals surface area contributed by atoms with Gasteiger partial charge in [0.15, 0.2) is 5.82 Å². The van der Waals surface area contributed by atoms with Gasteiger partial charge in [0, 0.05) is 24.2 Å². The van der Waals surface area contributed by atoms with Crippen LogP contribution in [0.25, 0.3) is 10.8 Å². The monoisotopic (exact) mass is 524 g/mol. The number of carbonyl (C=O) groups excluding carboxylic acids is 1. The number of amides is 1. The molecule has 200 valence electrons. The smallest absolute Gasteiger partial charge is 0.244 e. The van der Waals surface area contributed by atoms with Crippen molar-refractivity contribution in [1.82, 2.24) is 30.5 Å². The lowest BCUT2D eigenvalue weighted by molar-refractivity contribution is -0.117. The Balaban J connectivity index is 1.61. The van der Waals surface area contributed by atoms with Crippen LogP contribution in [0.5, 0.6) is 5.88 Å². The summed E-state index contributed by atoms with van der Waals surface area (Å²) < 4.78 is 7.38. The van der Waals surface area contributed by atoms with Gasteiger partial charge >= 0.3 is 0 Å². The number of rotatable bonds is 12. The molecule has 0 aliphatic carbocycles. The van der Waals surface area contributed by atoms with E-state index in [0.29, 0.717) is 24.5 Å². The van der Waals surface area contributed by atoms with E-state index in [1.165, 1.54) is 6.08 Å². The number of aromatic nitrogens is 5. The molecule has 0 spiro atoms. The summed E-state index contributed by atoms with van der Waals surface area (Å²) in [7, 11) is 0. The quantitative estimate of drug-likeness (QED) is 0.266. The minimum absolute atomic E-state index is 0.104. The molecule has 0 aliphatic heterocycles. The van der Waals surface area contributed by atoms with Gasteiger partial charge < -0.3 is 15.8 Å². The summed E-state index contributed by atoms with van der Waals surface area (Å²) in [5, 5.41) is 27.1. The van der Waals surface area contributed by atoms with Crippen molar-refractivity contribution in [3.63, 3.8) is 0 Å². The lowest BCUT2D eigenvalue weighted by Crippen LogP contribution is -2.33. The van der Waals surface area contributed by atoms with Crippen molar-refractivity contribution in [3.05, 3.63) is 90.4 Å². The SMILES string of the molecule is CC(C)(N)CC=CC(=O)N[C@H](Cc1ccc2ccccc2c1)c1nnnn1[C@H](CC#N)COc1ccccn1. The van der Waals surface area contributed by atoms with Crippen LogP contribution in [-0.4, -0.2) is 43.2 Å². The Morgan fingerprint density at radius 1 is 1.18 bits per heavy atom. The van der Waals surface area contributed by atoms with E-state index in [1.54, 1.807) is 29.1 Å². The molecule has 0 saturated heterocycles. The predicted octanol–water partition coefficient (Wildman–Crippen LogP) is 3.84. The molecule has 0 saturated carbocycles. The van der Waals surface area contributed by atoms with E-state index in [9.17, 15) is 10.1 Å². The molecule has 39 heavy (non-hydrogen) atoms. The first-order chi connectivity index (χ1) is 18.8. The molecule has 0 unspecified atom stereocenters. The second kappa shape index (κ2) is 12.8. The van der Waals surface area contributed by atoms with Crippen LogP contribution in [0.1, 0.15) is 50.2 Å². The first-order valence-electron chi connectivity index (χ1n) is 12.7. The van der Waals surface area contributed by atoms with Gasteiger partial charge in [-0.1, -0.05) is 54.6 Å². The molecule has 10 nitrogen and oxygen atoms in total. The summed E-state index contributed by atoms with van der Waals surface area (Å²) >= 11 is 0. The second-order valence-electron chi connectivity index (χ2n) is 10.0. The van der Waals surface area contributed by atoms with Crippen LogP contribution in [0.3, 0.4) is 0 Å². The molecule has 4 aromatic rings. The van der Waals surface area contributed by atoms with E-state index in [1.807, 2.05) is 44.2 Å². The number of benzene rings is 2. The molecule has 2 aromatic carbocycles. The van der Waals surface area contributed by atoms with Crippen LogP contribution in [0.15, 0.2) is 79.0 Å². The highest BCUT2D eigenvalue weighted by atomic mass is 16.5. The number of pyridine rings is 1. The highest BCUT2D eigenvalue weighted by Gasteiger charge is 2.26. The van der Waals surface area contributed by atoms with E-state index in [-0.39, 0.29) is 18.9 Å². The summed E-state index contributed by atoms with van der Waals surface area (Å²) in [5.74, 6) is 0.569. The molecule has 0 radical (unpaired) electrons. The van der Waals surface area contributed by atoms with Gasteiger partial charge in [0.05, 0.1) is 18.5 Å². The number of nitrogens with one attached hydrogen (secondary N) is 1. The Kier molecular flexibility index (Phi) is 8.97. The van der Waals surface area contributed by atoms with Gasteiger partial charge in [-0.2, -0.15) is 5.26 Å². The maximum Gasteiger partial charge on any atom is 0.244 e. The van der Waals surface area contributed by atoms with Gasteiger partial charge in [-0.05, 0) is 59.2 Å². The molecule has 0 fully saturated rings. The third-order valence-corrected chi connectivity index (χ3v) is 6.05. The van der Waals surface area contributed by atoms with Crippen LogP contribution >= 0.6 is 0 Å². The number of nitrogens with zero attached hydrogens (tertiary/aromatic N) is 6. The fourth-order valence-electron chi connectivity index (χ4n) is 4.12. The van der Waals surface area contributed by atoms with E-state index >= 15 is 0 Å². The summed E-state index contributed by atoms with van der Waals surface area (Å²) in [5.41, 5.74) is 6.62. The van der Waals surface area contributed by atoms with E-state index in [2.05, 4.69) is 50.1 Å². The van der Waals surface area contributed by atoms with Crippen molar-refractivity contribution >= 4 is 16.7 Å². The van der Waals surface area contributed by atoms with E-state index in [0.717, 1.165) is 16.3 Å². The number of fused-ring (bicyclic) bond motifs is 1. The topological polar surface area (TPSA) is 145 Å². The molecular weight excluding hydrogens is 492 g/mol. The molecule has 4 rings (SSSR count). The van der Waals surface area contributed by atoms with Crippen molar-refractivity contribution < 1.29 is 9.53 Å². The van der Waals surface area contributed by atoms with E-state index < -0.39 is 17.6 Å². The van der Waals surface area contributed by atoms with Crippen molar-refractivity contribution in [1.29, 1.82) is 5.26 Å². The molecule has 10 heteroatoms. The Labute approximate surface area is 227 Å². The summed E-state index contributed by atoms with van der Waals surface area (Å²) in [4.78, 5) is 17.1.